The number of Topliss-reactive ketones (excluding diaryl/α,β-unsaturated/α-hetero) is 1. The van der Waals surface area contributed by atoms with Gasteiger partial charge in [-0.3, -0.25) is 19.7 Å². The van der Waals surface area contributed by atoms with Crippen molar-refractivity contribution >= 4 is 23.6 Å². The molecule has 2 rings (SSSR count). The van der Waals surface area contributed by atoms with Crippen molar-refractivity contribution in [1.82, 2.24) is 5.43 Å². The van der Waals surface area contributed by atoms with Crippen LogP contribution in [0.2, 0.25) is 0 Å². The van der Waals surface area contributed by atoms with E-state index in [-0.39, 0.29) is 30.2 Å². The number of hydrazone groups is 1. The molecule has 2 aromatic rings. The van der Waals surface area contributed by atoms with E-state index >= 15 is 0 Å². The van der Waals surface area contributed by atoms with Crippen LogP contribution in [-0.2, 0) is 11.2 Å². The number of nitro groups is 1. The molecule has 0 bridgehead atoms. The van der Waals surface area contributed by atoms with E-state index in [1.165, 1.54) is 30.5 Å². The Morgan fingerprint density at radius 3 is 2.38 bits per heavy atom. The predicted octanol–water partition coefficient (Wildman–Crippen LogP) is 2.52. The number of nitrogens with one attached hydrogen (secondary N) is 1. The predicted molar refractivity (Wildman–Crippen MR) is 95.4 cm³/mol. The monoisotopic (exact) mass is 355 g/mol. The van der Waals surface area contributed by atoms with Gasteiger partial charge in [0.1, 0.15) is 5.75 Å². The number of hydrogen-bond donors (Lipinski definition) is 1. The second kappa shape index (κ2) is 9.07. The number of hydrogen-bond acceptors (Lipinski definition) is 6. The maximum atomic E-state index is 12.0. The van der Waals surface area contributed by atoms with Gasteiger partial charge in [0, 0.05) is 30.3 Å². The minimum Gasteiger partial charge on any atom is -0.497 e. The molecule has 0 fully saturated rings. The molecule has 2 aromatic carbocycles. The lowest BCUT2D eigenvalue weighted by atomic mass is 10.1. The van der Waals surface area contributed by atoms with Gasteiger partial charge in [-0.2, -0.15) is 5.10 Å². The molecule has 0 aliphatic rings. The van der Waals surface area contributed by atoms with Gasteiger partial charge in [0.25, 0.3) is 5.69 Å². The molecule has 0 saturated heterocycles. The van der Waals surface area contributed by atoms with Crippen LogP contribution in [0, 0.1) is 10.1 Å². The molecule has 1 amide bonds. The van der Waals surface area contributed by atoms with Crippen LogP contribution in [0.5, 0.6) is 5.75 Å². The average Bonchev–Trinajstić information content (AvgIpc) is 2.65. The number of methoxy groups -OCH3 is 1. The number of carbonyl (C=O) groups excluding carboxylic acids is 2. The minimum atomic E-state index is -0.506. The summed E-state index contributed by atoms with van der Waals surface area (Å²) >= 11 is 0. The lowest BCUT2D eigenvalue weighted by molar-refractivity contribution is -0.384. The topological polar surface area (TPSA) is 111 Å². The molecule has 134 valence electrons. The molecule has 0 heterocycles. The molecule has 0 aromatic heterocycles. The molecule has 0 unspecified atom stereocenters. The third kappa shape index (κ3) is 5.52. The molecule has 0 saturated carbocycles. The van der Waals surface area contributed by atoms with Crippen molar-refractivity contribution < 1.29 is 19.2 Å². The van der Waals surface area contributed by atoms with Gasteiger partial charge in [-0.15, -0.1) is 0 Å². The molecule has 1 N–H and O–H groups in total. The maximum absolute atomic E-state index is 12.0. The number of rotatable bonds is 8. The van der Waals surface area contributed by atoms with E-state index in [1.807, 2.05) is 0 Å². The Bertz CT molecular complexity index is 814. The van der Waals surface area contributed by atoms with Crippen LogP contribution >= 0.6 is 0 Å². The first-order chi connectivity index (χ1) is 12.5. The molecular formula is C18H17N3O5. The first-order valence-electron chi connectivity index (χ1n) is 7.70. The van der Waals surface area contributed by atoms with Crippen LogP contribution < -0.4 is 10.2 Å². The van der Waals surface area contributed by atoms with Gasteiger partial charge in [-0.1, -0.05) is 12.1 Å². The van der Waals surface area contributed by atoms with Crippen molar-refractivity contribution in [2.45, 2.75) is 12.8 Å². The van der Waals surface area contributed by atoms with Crippen LogP contribution in [0.1, 0.15) is 22.3 Å². The zero-order valence-electron chi connectivity index (χ0n) is 14.0. The summed E-state index contributed by atoms with van der Waals surface area (Å²) in [5.74, 6) is 0.141. The van der Waals surface area contributed by atoms with Gasteiger partial charge in [0.2, 0.25) is 5.91 Å². The van der Waals surface area contributed by atoms with E-state index in [9.17, 15) is 19.7 Å². The highest BCUT2D eigenvalue weighted by atomic mass is 16.6. The summed E-state index contributed by atoms with van der Waals surface area (Å²) < 4.78 is 5.02. The Morgan fingerprint density at radius 1 is 1.15 bits per heavy atom. The summed E-state index contributed by atoms with van der Waals surface area (Å²) in [6, 6.07) is 12.4. The Labute approximate surface area is 149 Å². The second-order valence-electron chi connectivity index (χ2n) is 5.30. The highest BCUT2D eigenvalue weighted by molar-refractivity contribution is 6.03. The van der Waals surface area contributed by atoms with Crippen molar-refractivity contribution in [2.24, 2.45) is 5.10 Å². The Balaban J connectivity index is 1.78. The van der Waals surface area contributed by atoms with E-state index in [2.05, 4.69) is 10.5 Å². The van der Waals surface area contributed by atoms with Crippen LogP contribution in [-0.4, -0.2) is 29.9 Å². The van der Waals surface area contributed by atoms with Crippen molar-refractivity contribution in [3.8, 4) is 5.75 Å². The standard InChI is InChI=1S/C18H17N3O5/c1-26-16-8-4-14(5-9-16)17(22)10-11-19-20-18(23)12-13-2-6-15(7-3-13)21(24)25/h2-9,11H,10,12H2,1H3,(H,20,23)/b19-11-. The molecule has 26 heavy (non-hydrogen) atoms. The quantitative estimate of drug-likeness (QED) is 0.338. The van der Waals surface area contributed by atoms with Crippen molar-refractivity contribution in [1.29, 1.82) is 0 Å². The summed E-state index contributed by atoms with van der Waals surface area (Å²) in [6.07, 6.45) is 1.40. The molecule has 0 aliphatic heterocycles. The molecule has 0 radical (unpaired) electrons. The first-order valence-corrected chi connectivity index (χ1v) is 7.70. The van der Waals surface area contributed by atoms with Gasteiger partial charge in [0.05, 0.1) is 18.5 Å². The summed E-state index contributed by atoms with van der Waals surface area (Å²) in [6.45, 7) is 0. The van der Waals surface area contributed by atoms with Gasteiger partial charge in [-0.05, 0) is 29.8 Å². The van der Waals surface area contributed by atoms with Crippen molar-refractivity contribution in [3.63, 3.8) is 0 Å². The maximum Gasteiger partial charge on any atom is 0.269 e. The SMILES string of the molecule is COc1ccc(C(=O)C/C=N\NC(=O)Cc2ccc([N+](=O)[O-])cc2)cc1. The van der Waals surface area contributed by atoms with E-state index in [0.717, 1.165) is 0 Å². The average molecular weight is 355 g/mol. The highest BCUT2D eigenvalue weighted by Gasteiger charge is 2.07. The smallest absolute Gasteiger partial charge is 0.269 e. The van der Waals surface area contributed by atoms with Crippen LogP contribution in [0.3, 0.4) is 0 Å². The number of amides is 1. The molecule has 8 heteroatoms. The first kappa shape index (κ1) is 18.8. The number of benzene rings is 2. The Morgan fingerprint density at radius 2 is 1.81 bits per heavy atom. The number of ketones is 1. The fourth-order valence-corrected chi connectivity index (χ4v) is 2.10. The van der Waals surface area contributed by atoms with Gasteiger partial charge in [0.15, 0.2) is 5.78 Å². The van der Waals surface area contributed by atoms with Crippen molar-refractivity contribution in [2.75, 3.05) is 7.11 Å². The number of nitrogens with zero attached hydrogens (tertiary/aromatic N) is 2. The number of non-ortho nitro benzene ring substituents is 1. The Kier molecular flexibility index (Phi) is 6.55. The van der Waals surface area contributed by atoms with Crippen LogP contribution in [0.25, 0.3) is 0 Å². The summed E-state index contributed by atoms with van der Waals surface area (Å²) in [5.41, 5.74) is 3.43. The van der Waals surface area contributed by atoms with E-state index < -0.39 is 4.92 Å². The minimum absolute atomic E-state index is 0.0295. The normalized spacial score (nSPS) is 10.5. The fourth-order valence-electron chi connectivity index (χ4n) is 2.10. The molecule has 8 nitrogen and oxygen atoms in total. The van der Waals surface area contributed by atoms with Gasteiger partial charge in [-0.25, -0.2) is 5.43 Å². The molecule has 0 aliphatic carbocycles. The fraction of sp³-hybridized carbons (Fsp3) is 0.167. The summed E-state index contributed by atoms with van der Waals surface area (Å²) in [7, 11) is 1.54. The lowest BCUT2D eigenvalue weighted by Crippen LogP contribution is -2.19. The third-order valence-corrected chi connectivity index (χ3v) is 3.48. The van der Waals surface area contributed by atoms with E-state index in [4.69, 9.17) is 4.74 Å². The number of nitro benzene ring substituents is 1. The van der Waals surface area contributed by atoms with E-state index in [0.29, 0.717) is 16.9 Å². The third-order valence-electron chi connectivity index (χ3n) is 3.48. The molecule has 0 spiro atoms. The van der Waals surface area contributed by atoms with Crippen LogP contribution in [0.4, 0.5) is 5.69 Å². The summed E-state index contributed by atoms with van der Waals surface area (Å²) in [5, 5.41) is 14.3. The van der Waals surface area contributed by atoms with Crippen LogP contribution in [0.15, 0.2) is 53.6 Å². The highest BCUT2D eigenvalue weighted by Crippen LogP contribution is 2.13. The number of ether oxygens (including phenoxy) is 1. The zero-order chi connectivity index (χ0) is 18.9. The lowest BCUT2D eigenvalue weighted by Gasteiger charge is -2.02. The molecular weight excluding hydrogens is 338 g/mol. The Hall–Kier alpha value is -3.55. The van der Waals surface area contributed by atoms with E-state index in [1.54, 1.807) is 31.4 Å². The van der Waals surface area contributed by atoms with Crippen molar-refractivity contribution in [3.05, 3.63) is 69.8 Å². The zero-order valence-corrected chi connectivity index (χ0v) is 14.0. The summed E-state index contributed by atoms with van der Waals surface area (Å²) in [4.78, 5) is 33.8. The largest absolute Gasteiger partial charge is 0.497 e. The van der Waals surface area contributed by atoms with Gasteiger partial charge < -0.3 is 4.74 Å². The second-order valence-corrected chi connectivity index (χ2v) is 5.30. The number of carbonyl (C=O) groups is 2. The van der Waals surface area contributed by atoms with Gasteiger partial charge >= 0.3 is 0 Å². The molecule has 0 atom stereocenters.